The van der Waals surface area contributed by atoms with E-state index in [0.29, 0.717) is 19.4 Å². The maximum absolute atomic E-state index is 12.1. The molecular formula is C18H26N2O2. The van der Waals surface area contributed by atoms with Crippen LogP contribution in [0.4, 0.5) is 0 Å². The van der Waals surface area contributed by atoms with Crippen molar-refractivity contribution in [3.63, 3.8) is 0 Å². The van der Waals surface area contributed by atoms with Crippen molar-refractivity contribution in [3.05, 3.63) is 35.4 Å². The fourth-order valence-corrected chi connectivity index (χ4v) is 2.88. The molecule has 1 heterocycles. The topological polar surface area (TPSA) is 49.4 Å². The number of hydrogen-bond donors (Lipinski definition) is 1. The molecule has 22 heavy (non-hydrogen) atoms. The summed E-state index contributed by atoms with van der Waals surface area (Å²) in [5, 5.41) is 2.99. The molecule has 4 heteroatoms. The van der Waals surface area contributed by atoms with Gasteiger partial charge in [0.15, 0.2) is 0 Å². The van der Waals surface area contributed by atoms with Gasteiger partial charge < -0.3 is 10.2 Å². The Balaban J connectivity index is 1.82. The van der Waals surface area contributed by atoms with Crippen LogP contribution in [-0.4, -0.2) is 34.8 Å². The lowest BCUT2D eigenvalue weighted by Crippen LogP contribution is -2.44. The molecule has 1 unspecified atom stereocenters. The number of amides is 2. The number of benzene rings is 1. The molecule has 1 saturated heterocycles. The summed E-state index contributed by atoms with van der Waals surface area (Å²) in [5.41, 5.74) is 2.20. The monoisotopic (exact) mass is 302 g/mol. The molecule has 0 bridgehead atoms. The molecule has 2 amide bonds. The highest BCUT2D eigenvalue weighted by Crippen LogP contribution is 2.21. The van der Waals surface area contributed by atoms with Gasteiger partial charge in [-0.15, -0.1) is 0 Å². The van der Waals surface area contributed by atoms with Crippen LogP contribution < -0.4 is 5.32 Å². The second kappa shape index (κ2) is 6.51. The average molecular weight is 302 g/mol. The Morgan fingerprint density at radius 1 is 1.36 bits per heavy atom. The Bertz CT molecular complexity index is 560. The van der Waals surface area contributed by atoms with E-state index >= 15 is 0 Å². The highest BCUT2D eigenvalue weighted by Gasteiger charge is 2.36. The molecule has 0 saturated carbocycles. The van der Waals surface area contributed by atoms with Crippen LogP contribution in [0.15, 0.2) is 24.3 Å². The number of rotatable bonds is 4. The van der Waals surface area contributed by atoms with E-state index < -0.39 is 0 Å². The summed E-state index contributed by atoms with van der Waals surface area (Å²) in [6.07, 6.45) is 1.61. The van der Waals surface area contributed by atoms with Gasteiger partial charge in [-0.1, -0.05) is 29.8 Å². The molecule has 0 radical (unpaired) electrons. The van der Waals surface area contributed by atoms with Gasteiger partial charge in [0.05, 0.1) is 6.04 Å². The zero-order valence-electron chi connectivity index (χ0n) is 14.0. The Morgan fingerprint density at radius 2 is 2.09 bits per heavy atom. The molecule has 2 rings (SSSR count). The van der Waals surface area contributed by atoms with Crippen molar-refractivity contribution in [3.8, 4) is 0 Å². The molecule has 0 aliphatic carbocycles. The van der Waals surface area contributed by atoms with E-state index in [1.54, 1.807) is 0 Å². The third-order valence-electron chi connectivity index (χ3n) is 4.02. The third kappa shape index (κ3) is 4.33. The van der Waals surface area contributed by atoms with Gasteiger partial charge in [0, 0.05) is 24.9 Å². The smallest absolute Gasteiger partial charge is 0.225 e. The van der Waals surface area contributed by atoms with Crippen LogP contribution in [0.3, 0.4) is 0 Å². The first-order valence-corrected chi connectivity index (χ1v) is 7.91. The predicted molar refractivity (Wildman–Crippen MR) is 87.5 cm³/mol. The molecule has 1 aromatic rings. The molecule has 1 N–H and O–H groups in total. The molecule has 1 aromatic carbocycles. The first kappa shape index (κ1) is 16.5. The van der Waals surface area contributed by atoms with Crippen molar-refractivity contribution >= 4 is 11.8 Å². The quantitative estimate of drug-likeness (QED) is 0.928. The zero-order chi connectivity index (χ0) is 16.3. The highest BCUT2D eigenvalue weighted by atomic mass is 16.2. The number of aryl methyl sites for hydroxylation is 2. The van der Waals surface area contributed by atoms with Crippen LogP contribution in [0.1, 0.15) is 44.7 Å². The van der Waals surface area contributed by atoms with E-state index in [-0.39, 0.29) is 23.4 Å². The lowest BCUT2D eigenvalue weighted by molar-refractivity contribution is -0.131. The van der Waals surface area contributed by atoms with Gasteiger partial charge in [0.25, 0.3) is 0 Å². The van der Waals surface area contributed by atoms with Gasteiger partial charge in [-0.05, 0) is 39.7 Å². The lowest BCUT2D eigenvalue weighted by Gasteiger charge is -2.32. The minimum Gasteiger partial charge on any atom is -0.351 e. The summed E-state index contributed by atoms with van der Waals surface area (Å²) in [5.74, 6) is 0.145. The van der Waals surface area contributed by atoms with Crippen molar-refractivity contribution in [1.82, 2.24) is 10.2 Å². The molecular weight excluding hydrogens is 276 g/mol. The minimum atomic E-state index is -0.182. The maximum atomic E-state index is 12.1. The van der Waals surface area contributed by atoms with Crippen molar-refractivity contribution in [2.45, 2.75) is 58.5 Å². The van der Waals surface area contributed by atoms with Gasteiger partial charge in [0.2, 0.25) is 11.8 Å². The number of nitrogens with zero attached hydrogens (tertiary/aromatic N) is 1. The molecule has 1 aliphatic rings. The van der Waals surface area contributed by atoms with E-state index in [4.69, 9.17) is 0 Å². The molecule has 0 aromatic heterocycles. The molecule has 1 fully saturated rings. The third-order valence-corrected chi connectivity index (χ3v) is 4.02. The van der Waals surface area contributed by atoms with Crippen LogP contribution in [0.25, 0.3) is 0 Å². The Kier molecular flexibility index (Phi) is 4.89. The fraction of sp³-hybridized carbons (Fsp3) is 0.556. The fourth-order valence-electron chi connectivity index (χ4n) is 2.88. The van der Waals surface area contributed by atoms with E-state index in [1.165, 1.54) is 11.1 Å². The second-order valence-electron chi connectivity index (χ2n) is 7.13. The van der Waals surface area contributed by atoms with Crippen molar-refractivity contribution < 1.29 is 9.59 Å². The normalized spacial score (nSPS) is 18.6. The van der Waals surface area contributed by atoms with Crippen LogP contribution in [0.5, 0.6) is 0 Å². The van der Waals surface area contributed by atoms with E-state index in [0.717, 1.165) is 6.42 Å². The molecule has 1 aliphatic heterocycles. The first-order chi connectivity index (χ1) is 10.3. The van der Waals surface area contributed by atoms with Crippen LogP contribution >= 0.6 is 0 Å². The number of carbonyl (C=O) groups is 2. The number of hydrogen-bond acceptors (Lipinski definition) is 2. The van der Waals surface area contributed by atoms with Gasteiger partial charge in [-0.2, -0.15) is 0 Å². The van der Waals surface area contributed by atoms with Crippen LogP contribution in [0.2, 0.25) is 0 Å². The summed E-state index contributed by atoms with van der Waals surface area (Å²) in [6.45, 7) is 8.72. The number of likely N-dealkylation sites (tertiary alicyclic amines) is 1. The van der Waals surface area contributed by atoms with Gasteiger partial charge in [-0.3, -0.25) is 9.59 Å². The second-order valence-corrected chi connectivity index (χ2v) is 7.13. The summed E-state index contributed by atoms with van der Waals surface area (Å²) < 4.78 is 0. The molecule has 0 spiro atoms. The largest absolute Gasteiger partial charge is 0.351 e. The Morgan fingerprint density at radius 3 is 2.68 bits per heavy atom. The predicted octanol–water partition coefficient (Wildman–Crippen LogP) is 2.44. The Labute approximate surface area is 132 Å². The molecule has 1 atom stereocenters. The SMILES string of the molecule is Cc1cccc(CCC(=O)NC2CC(=O)N(C(C)(C)C)C2)c1. The minimum absolute atomic E-state index is 0.0232. The van der Waals surface area contributed by atoms with Crippen molar-refractivity contribution in [2.75, 3.05) is 6.54 Å². The first-order valence-electron chi connectivity index (χ1n) is 7.91. The highest BCUT2D eigenvalue weighted by molar-refractivity contribution is 5.82. The maximum Gasteiger partial charge on any atom is 0.225 e. The van der Waals surface area contributed by atoms with Gasteiger partial charge in [-0.25, -0.2) is 0 Å². The van der Waals surface area contributed by atoms with Crippen molar-refractivity contribution in [2.24, 2.45) is 0 Å². The standard InChI is InChI=1S/C18H26N2O2/c1-13-6-5-7-14(10-13)8-9-16(21)19-15-11-17(22)20(12-15)18(2,3)4/h5-7,10,15H,8-9,11-12H2,1-4H3,(H,19,21). The van der Waals surface area contributed by atoms with E-state index in [9.17, 15) is 9.59 Å². The van der Waals surface area contributed by atoms with Crippen molar-refractivity contribution in [1.29, 1.82) is 0 Å². The number of carbonyl (C=O) groups excluding carboxylic acids is 2. The lowest BCUT2D eigenvalue weighted by atomic mass is 10.1. The zero-order valence-corrected chi connectivity index (χ0v) is 14.0. The molecule has 4 nitrogen and oxygen atoms in total. The summed E-state index contributed by atoms with van der Waals surface area (Å²) >= 11 is 0. The Hall–Kier alpha value is -1.84. The summed E-state index contributed by atoms with van der Waals surface area (Å²) in [4.78, 5) is 25.9. The van der Waals surface area contributed by atoms with Gasteiger partial charge >= 0.3 is 0 Å². The summed E-state index contributed by atoms with van der Waals surface area (Å²) in [7, 11) is 0. The number of nitrogens with one attached hydrogen (secondary N) is 1. The van der Waals surface area contributed by atoms with E-state index in [1.807, 2.05) is 37.8 Å². The van der Waals surface area contributed by atoms with Gasteiger partial charge in [0.1, 0.15) is 0 Å². The summed E-state index contributed by atoms with van der Waals surface area (Å²) in [6, 6.07) is 8.15. The van der Waals surface area contributed by atoms with Crippen LogP contribution in [-0.2, 0) is 16.0 Å². The van der Waals surface area contributed by atoms with E-state index in [2.05, 4.69) is 24.4 Å². The van der Waals surface area contributed by atoms with Crippen LogP contribution in [0, 0.1) is 6.92 Å². The average Bonchev–Trinajstić information content (AvgIpc) is 2.77. The molecule has 120 valence electrons.